The van der Waals surface area contributed by atoms with E-state index in [1.54, 1.807) is 25.3 Å². The maximum absolute atomic E-state index is 12.1. The second kappa shape index (κ2) is 8.28. The lowest BCUT2D eigenvalue weighted by atomic mass is 10.2. The third-order valence-corrected chi connectivity index (χ3v) is 2.55. The number of rotatable bonds is 8. The summed E-state index contributed by atoms with van der Waals surface area (Å²) in [6.45, 7) is 1.47. The van der Waals surface area contributed by atoms with E-state index < -0.39 is 6.67 Å². The molecule has 0 saturated carbocycles. The van der Waals surface area contributed by atoms with E-state index in [1.165, 1.54) is 0 Å². The Morgan fingerprint density at radius 1 is 1.35 bits per heavy atom. The minimum Gasteiger partial charge on any atom is -0.490 e. The zero-order valence-corrected chi connectivity index (χ0v) is 10.6. The molecule has 1 rings (SSSR count). The minimum atomic E-state index is -0.511. The van der Waals surface area contributed by atoms with Crippen LogP contribution in [0.1, 0.15) is 5.56 Å². The van der Waals surface area contributed by atoms with Crippen LogP contribution in [0.5, 0.6) is 5.75 Å². The van der Waals surface area contributed by atoms with Gasteiger partial charge < -0.3 is 14.8 Å². The number of hydrogen-bond donors (Lipinski definition) is 1. The Morgan fingerprint density at radius 3 is 2.88 bits per heavy atom. The van der Waals surface area contributed by atoms with Crippen LogP contribution in [-0.2, 0) is 11.3 Å². The molecule has 0 heterocycles. The highest BCUT2D eigenvalue weighted by Crippen LogP contribution is 2.26. The van der Waals surface area contributed by atoms with E-state index in [0.29, 0.717) is 23.9 Å². The Morgan fingerprint density at radius 2 is 2.18 bits per heavy atom. The highest BCUT2D eigenvalue weighted by molar-refractivity contribution is 6.31. The summed E-state index contributed by atoms with van der Waals surface area (Å²) in [5.74, 6) is 0.625. The van der Waals surface area contributed by atoms with E-state index >= 15 is 0 Å². The van der Waals surface area contributed by atoms with Gasteiger partial charge in [-0.05, 0) is 12.1 Å². The molecule has 1 N–H and O–H groups in total. The molecule has 0 unspecified atom stereocenters. The summed E-state index contributed by atoms with van der Waals surface area (Å²) in [5, 5.41) is 3.79. The molecule has 0 amide bonds. The van der Waals surface area contributed by atoms with Crippen LogP contribution in [0.25, 0.3) is 0 Å². The number of alkyl halides is 1. The molecule has 0 atom stereocenters. The second-order valence-electron chi connectivity index (χ2n) is 3.42. The van der Waals surface area contributed by atoms with Gasteiger partial charge in [-0.3, -0.25) is 0 Å². The van der Waals surface area contributed by atoms with Crippen molar-refractivity contribution in [1.82, 2.24) is 5.32 Å². The first kappa shape index (κ1) is 14.2. The number of methoxy groups -OCH3 is 1. The third kappa shape index (κ3) is 4.89. The van der Waals surface area contributed by atoms with Gasteiger partial charge in [0.15, 0.2) is 0 Å². The van der Waals surface area contributed by atoms with Crippen LogP contribution in [0, 0.1) is 0 Å². The summed E-state index contributed by atoms with van der Waals surface area (Å²) in [5.41, 5.74) is 0.846. The lowest BCUT2D eigenvalue weighted by Gasteiger charge is -2.12. The molecule has 17 heavy (non-hydrogen) atoms. The summed E-state index contributed by atoms with van der Waals surface area (Å²) in [7, 11) is 1.65. The minimum absolute atomic E-state index is 0.0470. The van der Waals surface area contributed by atoms with Crippen LogP contribution >= 0.6 is 11.6 Å². The summed E-state index contributed by atoms with van der Waals surface area (Å²) in [6.07, 6.45) is 0. The van der Waals surface area contributed by atoms with Crippen molar-refractivity contribution in [1.29, 1.82) is 0 Å². The van der Waals surface area contributed by atoms with Gasteiger partial charge in [-0.25, -0.2) is 4.39 Å². The van der Waals surface area contributed by atoms with E-state index in [4.69, 9.17) is 21.1 Å². The van der Waals surface area contributed by atoms with Crippen molar-refractivity contribution in [3.63, 3.8) is 0 Å². The summed E-state index contributed by atoms with van der Waals surface area (Å²) in [4.78, 5) is 0. The first-order valence-electron chi connectivity index (χ1n) is 5.45. The average Bonchev–Trinajstić information content (AvgIpc) is 2.34. The molecule has 0 fully saturated rings. The molecule has 0 saturated heterocycles. The Labute approximate surface area is 106 Å². The van der Waals surface area contributed by atoms with Crippen LogP contribution in [0.15, 0.2) is 18.2 Å². The van der Waals surface area contributed by atoms with Gasteiger partial charge >= 0.3 is 0 Å². The van der Waals surface area contributed by atoms with Gasteiger partial charge in [-0.2, -0.15) is 0 Å². The van der Waals surface area contributed by atoms with Crippen LogP contribution < -0.4 is 10.1 Å². The summed E-state index contributed by atoms with van der Waals surface area (Å²) < 4.78 is 22.3. The molecule has 0 aliphatic heterocycles. The predicted molar refractivity (Wildman–Crippen MR) is 66.5 cm³/mol. The van der Waals surface area contributed by atoms with Crippen LogP contribution in [0.4, 0.5) is 4.39 Å². The van der Waals surface area contributed by atoms with Gasteiger partial charge in [-0.15, -0.1) is 0 Å². The Hall–Kier alpha value is -0.840. The van der Waals surface area contributed by atoms with Crippen molar-refractivity contribution >= 4 is 11.6 Å². The van der Waals surface area contributed by atoms with Gasteiger partial charge in [0, 0.05) is 30.8 Å². The lowest BCUT2D eigenvalue weighted by Crippen LogP contribution is -2.19. The predicted octanol–water partition coefficient (Wildman–Crippen LogP) is 2.42. The topological polar surface area (TPSA) is 30.5 Å². The fourth-order valence-electron chi connectivity index (χ4n) is 1.38. The summed E-state index contributed by atoms with van der Waals surface area (Å²) >= 11 is 6.08. The molecule has 0 aliphatic rings. The smallest absolute Gasteiger partial charge is 0.125 e. The first-order chi connectivity index (χ1) is 8.29. The molecule has 0 aliphatic carbocycles. The van der Waals surface area contributed by atoms with Gasteiger partial charge in [0.05, 0.1) is 6.61 Å². The molecule has 3 nitrogen and oxygen atoms in total. The second-order valence-corrected chi connectivity index (χ2v) is 3.83. The Kier molecular flexibility index (Phi) is 6.93. The van der Waals surface area contributed by atoms with E-state index in [1.807, 2.05) is 0 Å². The van der Waals surface area contributed by atoms with Gasteiger partial charge in [0.1, 0.15) is 19.0 Å². The van der Waals surface area contributed by atoms with E-state index in [9.17, 15) is 4.39 Å². The van der Waals surface area contributed by atoms with Gasteiger partial charge in [0.2, 0.25) is 0 Å². The quantitative estimate of drug-likeness (QED) is 0.729. The van der Waals surface area contributed by atoms with Crippen LogP contribution in [0.3, 0.4) is 0 Å². The molecular formula is C12H17ClFNO2. The van der Waals surface area contributed by atoms with Crippen molar-refractivity contribution in [2.24, 2.45) is 0 Å². The third-order valence-electron chi connectivity index (χ3n) is 2.20. The van der Waals surface area contributed by atoms with Crippen LogP contribution in [-0.4, -0.2) is 33.5 Å². The van der Waals surface area contributed by atoms with Crippen molar-refractivity contribution < 1.29 is 13.9 Å². The van der Waals surface area contributed by atoms with Gasteiger partial charge in [-0.1, -0.05) is 17.7 Å². The maximum Gasteiger partial charge on any atom is 0.125 e. The fraction of sp³-hybridized carbons (Fsp3) is 0.500. The molecule has 0 aromatic heterocycles. The molecule has 0 spiro atoms. The maximum atomic E-state index is 12.1. The molecular weight excluding hydrogens is 245 g/mol. The fourth-order valence-corrected chi connectivity index (χ4v) is 1.61. The van der Waals surface area contributed by atoms with E-state index in [-0.39, 0.29) is 6.61 Å². The van der Waals surface area contributed by atoms with E-state index in [2.05, 4.69) is 5.32 Å². The monoisotopic (exact) mass is 261 g/mol. The molecule has 96 valence electrons. The molecule has 1 aromatic rings. The largest absolute Gasteiger partial charge is 0.490 e. The first-order valence-corrected chi connectivity index (χ1v) is 5.83. The standard InChI is InChI=1S/C12H17ClFNO2/c1-16-8-6-15-9-10-11(13)3-2-4-12(10)17-7-5-14/h2-4,15H,5-9H2,1H3. The van der Waals surface area contributed by atoms with Crippen molar-refractivity contribution in [3.8, 4) is 5.75 Å². The van der Waals surface area contributed by atoms with Crippen molar-refractivity contribution in [2.75, 3.05) is 33.5 Å². The molecule has 0 bridgehead atoms. The zero-order valence-electron chi connectivity index (χ0n) is 9.84. The lowest BCUT2D eigenvalue weighted by molar-refractivity contribution is 0.199. The SMILES string of the molecule is COCCNCc1c(Cl)cccc1OCCF. The number of benzene rings is 1. The number of ether oxygens (including phenoxy) is 2. The van der Waals surface area contributed by atoms with Crippen molar-refractivity contribution in [3.05, 3.63) is 28.8 Å². The Bertz CT molecular complexity index is 336. The van der Waals surface area contributed by atoms with E-state index in [0.717, 1.165) is 12.1 Å². The molecule has 0 radical (unpaired) electrons. The van der Waals surface area contributed by atoms with Gasteiger partial charge in [0.25, 0.3) is 0 Å². The Balaban J connectivity index is 2.60. The molecule has 1 aromatic carbocycles. The normalized spacial score (nSPS) is 10.5. The number of nitrogens with one attached hydrogen (secondary N) is 1. The van der Waals surface area contributed by atoms with Crippen LogP contribution in [0.2, 0.25) is 5.02 Å². The average molecular weight is 262 g/mol. The number of halogens is 2. The highest BCUT2D eigenvalue weighted by atomic mass is 35.5. The summed E-state index contributed by atoms with van der Waals surface area (Å²) in [6, 6.07) is 5.36. The van der Waals surface area contributed by atoms with Crippen molar-refractivity contribution in [2.45, 2.75) is 6.54 Å². The zero-order chi connectivity index (χ0) is 12.5. The number of hydrogen-bond acceptors (Lipinski definition) is 3. The molecule has 5 heteroatoms. The highest BCUT2D eigenvalue weighted by Gasteiger charge is 2.07.